The van der Waals surface area contributed by atoms with E-state index < -0.39 is 5.41 Å². The van der Waals surface area contributed by atoms with Crippen molar-refractivity contribution < 1.29 is 4.79 Å². The first-order valence-electron chi connectivity index (χ1n) is 6.72. The van der Waals surface area contributed by atoms with E-state index in [0.717, 1.165) is 25.7 Å². The number of carbonyl (C=O) groups is 1. The standard InChI is InChI=1S/C14H20N2OS2/c1-2-16(10-11-6-5-9-19-11)13(17)14(12(15)18)7-3-4-8-14/h5-6,9H,2-4,7-8,10H2,1H3,(H2,15,18). The lowest BCUT2D eigenvalue weighted by Crippen LogP contribution is -2.48. The number of carbonyl (C=O) groups excluding carboxylic acids is 1. The topological polar surface area (TPSA) is 46.3 Å². The quantitative estimate of drug-likeness (QED) is 0.850. The fraction of sp³-hybridized carbons (Fsp3) is 0.571. The molecule has 1 heterocycles. The fourth-order valence-electron chi connectivity index (χ4n) is 2.76. The Labute approximate surface area is 123 Å². The molecular weight excluding hydrogens is 276 g/mol. The lowest BCUT2D eigenvalue weighted by atomic mass is 9.84. The second-order valence-corrected chi connectivity index (χ2v) is 6.52. The smallest absolute Gasteiger partial charge is 0.235 e. The summed E-state index contributed by atoms with van der Waals surface area (Å²) in [5.74, 6) is 0.119. The minimum atomic E-state index is -0.581. The van der Waals surface area contributed by atoms with E-state index in [1.165, 1.54) is 4.88 Å². The van der Waals surface area contributed by atoms with E-state index in [0.29, 0.717) is 18.1 Å². The zero-order valence-electron chi connectivity index (χ0n) is 11.2. The van der Waals surface area contributed by atoms with Crippen LogP contribution in [-0.2, 0) is 11.3 Å². The molecule has 0 spiro atoms. The van der Waals surface area contributed by atoms with Crippen LogP contribution >= 0.6 is 23.6 Å². The number of thiophene rings is 1. The van der Waals surface area contributed by atoms with Crippen LogP contribution in [0.1, 0.15) is 37.5 Å². The number of hydrogen-bond donors (Lipinski definition) is 1. The minimum Gasteiger partial charge on any atom is -0.392 e. The Hall–Kier alpha value is -0.940. The van der Waals surface area contributed by atoms with Crippen molar-refractivity contribution in [1.29, 1.82) is 0 Å². The van der Waals surface area contributed by atoms with E-state index in [1.807, 2.05) is 23.3 Å². The molecule has 5 heteroatoms. The number of hydrogen-bond acceptors (Lipinski definition) is 3. The second kappa shape index (κ2) is 6.01. The van der Waals surface area contributed by atoms with Gasteiger partial charge in [0.2, 0.25) is 5.91 Å². The van der Waals surface area contributed by atoms with Gasteiger partial charge in [-0.05, 0) is 31.2 Å². The van der Waals surface area contributed by atoms with Crippen molar-refractivity contribution in [3.05, 3.63) is 22.4 Å². The first-order valence-corrected chi connectivity index (χ1v) is 8.00. The van der Waals surface area contributed by atoms with Gasteiger partial charge < -0.3 is 10.6 Å². The first-order chi connectivity index (χ1) is 9.10. The molecule has 1 saturated carbocycles. The van der Waals surface area contributed by atoms with Gasteiger partial charge in [-0.2, -0.15) is 0 Å². The summed E-state index contributed by atoms with van der Waals surface area (Å²) in [6.45, 7) is 3.37. The molecule has 0 aliphatic heterocycles. The normalized spacial score (nSPS) is 17.3. The molecule has 0 unspecified atom stereocenters. The maximum absolute atomic E-state index is 12.8. The molecule has 2 N–H and O–H groups in total. The third-order valence-corrected chi connectivity index (χ3v) is 5.19. The Morgan fingerprint density at radius 2 is 2.21 bits per heavy atom. The number of nitrogens with two attached hydrogens (primary N) is 1. The highest BCUT2D eigenvalue weighted by Gasteiger charge is 2.45. The Balaban J connectivity index is 2.17. The third-order valence-electron chi connectivity index (χ3n) is 3.93. The second-order valence-electron chi connectivity index (χ2n) is 5.05. The van der Waals surface area contributed by atoms with E-state index in [1.54, 1.807) is 11.3 Å². The molecule has 1 amide bonds. The van der Waals surface area contributed by atoms with Crippen molar-refractivity contribution in [1.82, 2.24) is 4.90 Å². The van der Waals surface area contributed by atoms with Gasteiger partial charge >= 0.3 is 0 Å². The lowest BCUT2D eigenvalue weighted by molar-refractivity contribution is -0.138. The number of thiocarbonyl (C=S) groups is 1. The molecular formula is C14H20N2OS2. The van der Waals surface area contributed by atoms with Gasteiger partial charge in [0, 0.05) is 11.4 Å². The van der Waals surface area contributed by atoms with Crippen molar-refractivity contribution in [2.45, 2.75) is 39.2 Å². The van der Waals surface area contributed by atoms with Gasteiger partial charge in [0.25, 0.3) is 0 Å². The fourth-order valence-corrected chi connectivity index (χ4v) is 3.78. The highest BCUT2D eigenvalue weighted by molar-refractivity contribution is 7.80. The average Bonchev–Trinajstić information content (AvgIpc) is 3.06. The van der Waals surface area contributed by atoms with Gasteiger partial charge in [-0.15, -0.1) is 11.3 Å². The monoisotopic (exact) mass is 296 g/mol. The summed E-state index contributed by atoms with van der Waals surface area (Å²) in [6, 6.07) is 4.07. The predicted molar refractivity (Wildman–Crippen MR) is 83.1 cm³/mol. The number of amides is 1. The Morgan fingerprint density at radius 1 is 1.53 bits per heavy atom. The van der Waals surface area contributed by atoms with Crippen LogP contribution in [0.3, 0.4) is 0 Å². The maximum Gasteiger partial charge on any atom is 0.235 e. The molecule has 0 saturated heterocycles. The van der Waals surface area contributed by atoms with E-state index in [4.69, 9.17) is 18.0 Å². The van der Waals surface area contributed by atoms with Crippen LogP contribution < -0.4 is 5.73 Å². The molecule has 3 nitrogen and oxygen atoms in total. The van der Waals surface area contributed by atoms with Crippen LogP contribution in [-0.4, -0.2) is 22.3 Å². The molecule has 1 aromatic heterocycles. The van der Waals surface area contributed by atoms with Crippen molar-refractivity contribution in [2.75, 3.05) is 6.54 Å². The van der Waals surface area contributed by atoms with Crippen molar-refractivity contribution in [3.8, 4) is 0 Å². The van der Waals surface area contributed by atoms with Gasteiger partial charge in [0.15, 0.2) is 0 Å². The van der Waals surface area contributed by atoms with Gasteiger partial charge in [-0.25, -0.2) is 0 Å². The van der Waals surface area contributed by atoms with Crippen molar-refractivity contribution in [3.63, 3.8) is 0 Å². The SMILES string of the molecule is CCN(Cc1cccs1)C(=O)C1(C(N)=S)CCCC1. The highest BCUT2D eigenvalue weighted by Crippen LogP contribution is 2.40. The van der Waals surface area contributed by atoms with Crippen LogP contribution in [0.4, 0.5) is 0 Å². The Morgan fingerprint density at radius 3 is 2.68 bits per heavy atom. The van der Waals surface area contributed by atoms with Crippen LogP contribution in [0.25, 0.3) is 0 Å². The van der Waals surface area contributed by atoms with Crippen molar-refractivity contribution >= 4 is 34.5 Å². The van der Waals surface area contributed by atoms with Crippen LogP contribution in [0.2, 0.25) is 0 Å². The molecule has 19 heavy (non-hydrogen) atoms. The molecule has 1 aromatic rings. The zero-order valence-corrected chi connectivity index (χ0v) is 12.9. The highest BCUT2D eigenvalue weighted by atomic mass is 32.1. The summed E-state index contributed by atoms with van der Waals surface area (Å²) in [5.41, 5.74) is 5.31. The van der Waals surface area contributed by atoms with Crippen LogP contribution in [0.5, 0.6) is 0 Å². The summed E-state index contributed by atoms with van der Waals surface area (Å²) in [5, 5.41) is 2.03. The van der Waals surface area contributed by atoms with Crippen LogP contribution in [0.15, 0.2) is 17.5 Å². The van der Waals surface area contributed by atoms with E-state index in [2.05, 4.69) is 6.07 Å². The summed E-state index contributed by atoms with van der Waals surface area (Å²) >= 11 is 6.87. The molecule has 1 fully saturated rings. The molecule has 0 bridgehead atoms. The summed E-state index contributed by atoms with van der Waals surface area (Å²) < 4.78 is 0. The molecule has 0 radical (unpaired) electrons. The molecule has 1 aliphatic rings. The van der Waals surface area contributed by atoms with Gasteiger partial charge in [0.05, 0.1) is 16.9 Å². The average molecular weight is 296 g/mol. The number of nitrogens with zero attached hydrogens (tertiary/aromatic N) is 1. The van der Waals surface area contributed by atoms with Crippen LogP contribution in [0, 0.1) is 5.41 Å². The van der Waals surface area contributed by atoms with Gasteiger partial charge in [-0.1, -0.05) is 31.1 Å². The Kier molecular flexibility index (Phi) is 4.58. The minimum absolute atomic E-state index is 0.119. The molecule has 1 aliphatic carbocycles. The van der Waals surface area contributed by atoms with E-state index in [-0.39, 0.29) is 5.91 Å². The molecule has 0 aromatic carbocycles. The summed E-state index contributed by atoms with van der Waals surface area (Å²) in [4.78, 5) is 16.3. The molecule has 104 valence electrons. The maximum atomic E-state index is 12.8. The summed E-state index contributed by atoms with van der Waals surface area (Å²) in [6.07, 6.45) is 3.70. The van der Waals surface area contributed by atoms with Gasteiger partial charge in [0.1, 0.15) is 0 Å². The lowest BCUT2D eigenvalue weighted by Gasteiger charge is -2.33. The van der Waals surface area contributed by atoms with Gasteiger partial charge in [-0.3, -0.25) is 4.79 Å². The number of rotatable bonds is 5. The zero-order chi connectivity index (χ0) is 13.9. The predicted octanol–water partition coefficient (Wildman–Crippen LogP) is 2.94. The molecule has 2 rings (SSSR count). The largest absolute Gasteiger partial charge is 0.392 e. The molecule has 0 atom stereocenters. The summed E-state index contributed by atoms with van der Waals surface area (Å²) in [7, 11) is 0. The first kappa shape index (κ1) is 14.5. The van der Waals surface area contributed by atoms with E-state index in [9.17, 15) is 4.79 Å². The van der Waals surface area contributed by atoms with E-state index >= 15 is 0 Å². The Bertz CT molecular complexity index is 450. The van der Waals surface area contributed by atoms with Crippen molar-refractivity contribution in [2.24, 2.45) is 11.1 Å². The third kappa shape index (κ3) is 2.82.